The summed E-state index contributed by atoms with van der Waals surface area (Å²) in [7, 11) is 0. The van der Waals surface area contributed by atoms with Crippen LogP contribution in [0.15, 0.2) is 0 Å². The molecule has 3 heteroatoms. The van der Waals surface area contributed by atoms with Crippen molar-refractivity contribution in [2.24, 2.45) is 5.92 Å². The molecule has 0 unspecified atom stereocenters. The van der Waals surface area contributed by atoms with E-state index in [1.54, 1.807) is 0 Å². The second-order valence-electron chi connectivity index (χ2n) is 2.12. The molecule has 0 fully saturated rings. The Hall–Kier alpha value is 0.250. The van der Waals surface area contributed by atoms with Crippen LogP contribution >= 0.6 is 23.2 Å². The number of hydrogen-bond acceptors (Lipinski definition) is 1. The number of alkyl halides is 2. The fourth-order valence-corrected chi connectivity index (χ4v) is 0.827. The molecule has 54 valence electrons. The summed E-state index contributed by atoms with van der Waals surface area (Å²) in [6.45, 7) is 3.68. The van der Waals surface area contributed by atoms with Gasteiger partial charge in [0.1, 0.15) is 6.29 Å². The molecule has 0 saturated heterocycles. The molecular weight excluding hydrogens is 159 g/mol. The third-order valence-corrected chi connectivity index (χ3v) is 2.25. The van der Waals surface area contributed by atoms with Gasteiger partial charge in [-0.05, 0) is 12.8 Å². The lowest BCUT2D eigenvalue weighted by molar-refractivity contribution is -0.108. The largest absolute Gasteiger partial charge is 0.302 e. The Bertz CT molecular complexity index is 93.1. The minimum Gasteiger partial charge on any atom is -0.302 e. The highest BCUT2D eigenvalue weighted by molar-refractivity contribution is 6.29. The molecule has 0 aromatic rings. The molecule has 3 atom stereocenters. The highest BCUT2D eigenvalue weighted by Crippen LogP contribution is 2.16. The van der Waals surface area contributed by atoms with Gasteiger partial charge < -0.3 is 4.79 Å². The second kappa shape index (κ2) is 4.13. The van der Waals surface area contributed by atoms with Crippen LogP contribution in [-0.4, -0.2) is 17.0 Å². The molecule has 0 aromatic heterocycles. The molecule has 0 spiro atoms. The average Bonchev–Trinajstić information content (AvgIpc) is 1.84. The van der Waals surface area contributed by atoms with Gasteiger partial charge in [0.2, 0.25) is 0 Å². The Morgan fingerprint density at radius 3 is 1.89 bits per heavy atom. The second-order valence-corrected chi connectivity index (χ2v) is 3.31. The normalized spacial score (nSPS) is 20.4. The van der Waals surface area contributed by atoms with Crippen LogP contribution in [0.2, 0.25) is 0 Å². The van der Waals surface area contributed by atoms with Crippen molar-refractivity contribution in [2.75, 3.05) is 0 Å². The molecule has 0 aliphatic carbocycles. The van der Waals surface area contributed by atoms with Gasteiger partial charge in [-0.15, -0.1) is 23.2 Å². The standard InChI is InChI=1S/C6H10Cl2O/c1-4(5(2)7)6(8)3-9/h3-6H,1-2H3/t4-,5-,6-/m1/s1. The van der Waals surface area contributed by atoms with Gasteiger partial charge in [-0.2, -0.15) is 0 Å². The first-order chi connectivity index (χ1) is 4.09. The maximum absolute atomic E-state index is 10.1. The lowest BCUT2D eigenvalue weighted by Crippen LogP contribution is -2.20. The third-order valence-electron chi connectivity index (χ3n) is 1.36. The summed E-state index contributed by atoms with van der Waals surface area (Å²) >= 11 is 11.2. The van der Waals surface area contributed by atoms with E-state index >= 15 is 0 Å². The van der Waals surface area contributed by atoms with Gasteiger partial charge in [0, 0.05) is 5.38 Å². The van der Waals surface area contributed by atoms with Crippen molar-refractivity contribution < 1.29 is 4.79 Å². The number of carbonyl (C=O) groups excluding carboxylic acids is 1. The fraction of sp³-hybridized carbons (Fsp3) is 0.833. The Labute approximate surface area is 65.3 Å². The first-order valence-electron chi connectivity index (χ1n) is 2.83. The molecule has 0 aromatic carbocycles. The predicted octanol–water partition coefficient (Wildman–Crippen LogP) is 2.06. The maximum atomic E-state index is 10.1. The average molecular weight is 169 g/mol. The van der Waals surface area contributed by atoms with Crippen molar-refractivity contribution in [3.63, 3.8) is 0 Å². The van der Waals surface area contributed by atoms with Crippen LogP contribution in [0.4, 0.5) is 0 Å². The minimum absolute atomic E-state index is 0.0438. The van der Waals surface area contributed by atoms with Crippen LogP contribution in [0.25, 0.3) is 0 Å². The number of aldehydes is 1. The van der Waals surface area contributed by atoms with Crippen LogP contribution in [-0.2, 0) is 4.79 Å². The number of hydrogen-bond donors (Lipinski definition) is 0. The summed E-state index contributed by atoms with van der Waals surface area (Å²) in [5.74, 6) is 0.0471. The molecule has 0 saturated carbocycles. The zero-order chi connectivity index (χ0) is 7.44. The van der Waals surface area contributed by atoms with E-state index in [0.717, 1.165) is 0 Å². The van der Waals surface area contributed by atoms with Gasteiger partial charge in [0.25, 0.3) is 0 Å². The number of carbonyl (C=O) groups is 1. The quantitative estimate of drug-likeness (QED) is 0.466. The summed E-state index contributed by atoms with van der Waals surface area (Å²) in [5, 5.41) is -0.491. The smallest absolute Gasteiger partial charge is 0.138 e. The molecule has 0 amide bonds. The number of halogens is 2. The summed E-state index contributed by atoms with van der Waals surface area (Å²) in [5.41, 5.74) is 0. The molecule has 0 heterocycles. The SMILES string of the molecule is C[C@@H]([C@H](Cl)C=O)[C@@H](C)Cl. The Morgan fingerprint density at radius 2 is 1.78 bits per heavy atom. The van der Waals surface area contributed by atoms with E-state index in [4.69, 9.17) is 23.2 Å². The van der Waals surface area contributed by atoms with Gasteiger partial charge in [0.05, 0.1) is 5.38 Å². The van der Waals surface area contributed by atoms with Crippen molar-refractivity contribution in [1.82, 2.24) is 0 Å². The van der Waals surface area contributed by atoms with Crippen molar-refractivity contribution in [2.45, 2.75) is 24.6 Å². The first kappa shape index (κ1) is 9.25. The lowest BCUT2D eigenvalue weighted by atomic mass is 10.1. The highest BCUT2D eigenvalue weighted by Gasteiger charge is 2.17. The topological polar surface area (TPSA) is 17.1 Å². The Kier molecular flexibility index (Phi) is 4.24. The molecule has 0 aliphatic rings. The van der Waals surface area contributed by atoms with Crippen LogP contribution in [0, 0.1) is 5.92 Å². The van der Waals surface area contributed by atoms with Gasteiger partial charge in [-0.3, -0.25) is 0 Å². The monoisotopic (exact) mass is 168 g/mol. The van der Waals surface area contributed by atoms with Crippen molar-refractivity contribution in [1.29, 1.82) is 0 Å². The van der Waals surface area contributed by atoms with Crippen LogP contribution in [0.3, 0.4) is 0 Å². The zero-order valence-corrected chi connectivity index (χ0v) is 6.99. The molecule has 0 aliphatic heterocycles. The van der Waals surface area contributed by atoms with Gasteiger partial charge >= 0.3 is 0 Å². The van der Waals surface area contributed by atoms with E-state index < -0.39 is 5.38 Å². The molecule has 0 bridgehead atoms. The fourth-order valence-electron chi connectivity index (χ4n) is 0.377. The van der Waals surface area contributed by atoms with Crippen molar-refractivity contribution >= 4 is 29.5 Å². The molecule has 0 rings (SSSR count). The Balaban J connectivity index is 3.71. The zero-order valence-electron chi connectivity index (χ0n) is 5.47. The summed E-state index contributed by atoms with van der Waals surface area (Å²) < 4.78 is 0. The van der Waals surface area contributed by atoms with Gasteiger partial charge in [-0.1, -0.05) is 6.92 Å². The van der Waals surface area contributed by atoms with Gasteiger partial charge in [0.15, 0.2) is 0 Å². The molecule has 0 radical (unpaired) electrons. The maximum Gasteiger partial charge on any atom is 0.138 e. The summed E-state index contributed by atoms with van der Waals surface area (Å²) in [4.78, 5) is 10.1. The van der Waals surface area contributed by atoms with Crippen LogP contribution in [0.1, 0.15) is 13.8 Å². The molecular formula is C6H10Cl2O. The third kappa shape index (κ3) is 3.07. The summed E-state index contributed by atoms with van der Waals surface area (Å²) in [6, 6.07) is 0. The summed E-state index contributed by atoms with van der Waals surface area (Å²) in [6.07, 6.45) is 0.713. The number of rotatable bonds is 3. The molecule has 1 nitrogen and oxygen atoms in total. The van der Waals surface area contributed by atoms with E-state index in [0.29, 0.717) is 6.29 Å². The highest BCUT2D eigenvalue weighted by atomic mass is 35.5. The minimum atomic E-state index is -0.447. The van der Waals surface area contributed by atoms with E-state index in [9.17, 15) is 4.79 Å². The van der Waals surface area contributed by atoms with Crippen molar-refractivity contribution in [3.8, 4) is 0 Å². The molecule has 0 N–H and O–H groups in total. The van der Waals surface area contributed by atoms with Crippen LogP contribution in [0.5, 0.6) is 0 Å². The lowest BCUT2D eigenvalue weighted by Gasteiger charge is -2.13. The van der Waals surface area contributed by atoms with E-state index in [1.807, 2.05) is 13.8 Å². The van der Waals surface area contributed by atoms with E-state index in [-0.39, 0.29) is 11.3 Å². The van der Waals surface area contributed by atoms with Crippen molar-refractivity contribution in [3.05, 3.63) is 0 Å². The first-order valence-corrected chi connectivity index (χ1v) is 3.70. The Morgan fingerprint density at radius 1 is 1.33 bits per heavy atom. The van der Waals surface area contributed by atoms with E-state index in [1.165, 1.54) is 0 Å². The predicted molar refractivity (Wildman–Crippen MR) is 40.2 cm³/mol. The van der Waals surface area contributed by atoms with Crippen LogP contribution < -0.4 is 0 Å². The van der Waals surface area contributed by atoms with E-state index in [2.05, 4.69) is 0 Å². The molecule has 9 heavy (non-hydrogen) atoms. The van der Waals surface area contributed by atoms with Gasteiger partial charge in [-0.25, -0.2) is 0 Å².